The Labute approximate surface area is 137 Å². The van der Waals surface area contributed by atoms with Gasteiger partial charge in [-0.15, -0.1) is 0 Å². The van der Waals surface area contributed by atoms with E-state index in [0.717, 1.165) is 50.9 Å². The van der Waals surface area contributed by atoms with E-state index >= 15 is 0 Å². The van der Waals surface area contributed by atoms with E-state index < -0.39 is 31.8 Å². The molecule has 0 spiro atoms. The first-order chi connectivity index (χ1) is 11.4. The van der Waals surface area contributed by atoms with Crippen LogP contribution >= 0.6 is 0 Å². The summed E-state index contributed by atoms with van der Waals surface area (Å²) in [5, 5.41) is 33.3. The van der Waals surface area contributed by atoms with Crippen molar-refractivity contribution < 1.29 is 14.8 Å². The lowest BCUT2D eigenvalue weighted by molar-refractivity contribution is -0.404. The average molecular weight is 338 g/mol. The lowest BCUT2D eigenvalue weighted by Gasteiger charge is -2.19. The molecule has 0 bridgehead atoms. The largest absolute Gasteiger partial charge is 0.303 e. The first kappa shape index (κ1) is 17.7. The van der Waals surface area contributed by atoms with Crippen LogP contribution in [0.15, 0.2) is 12.1 Å². The van der Waals surface area contributed by atoms with Gasteiger partial charge in [0.25, 0.3) is 17.1 Å². The zero-order chi connectivity index (χ0) is 17.7. The van der Waals surface area contributed by atoms with Gasteiger partial charge in [-0.3, -0.25) is 30.3 Å². The molecule has 0 aliphatic carbocycles. The van der Waals surface area contributed by atoms with Crippen molar-refractivity contribution >= 4 is 17.1 Å². The van der Waals surface area contributed by atoms with Gasteiger partial charge in [-0.1, -0.05) is 12.8 Å². The molecule has 1 fully saturated rings. The highest BCUT2D eigenvalue weighted by Crippen LogP contribution is 2.34. The van der Waals surface area contributed by atoms with Crippen molar-refractivity contribution in [3.63, 3.8) is 0 Å². The minimum absolute atomic E-state index is 0.0557. The molecular formula is C14H18N4O6. The minimum atomic E-state index is -0.863. The Bertz CT molecular complexity index is 620. The molecule has 1 aromatic rings. The normalized spacial score (nSPS) is 15.7. The van der Waals surface area contributed by atoms with Crippen molar-refractivity contribution in [2.45, 2.75) is 32.1 Å². The summed E-state index contributed by atoms with van der Waals surface area (Å²) in [5.74, 6) is 0. The quantitative estimate of drug-likeness (QED) is 0.575. The fourth-order valence-electron chi connectivity index (χ4n) is 2.94. The van der Waals surface area contributed by atoms with Crippen LogP contribution < -0.4 is 0 Å². The molecule has 0 aromatic heterocycles. The molecule has 0 N–H and O–H groups in total. The molecule has 0 atom stereocenters. The lowest BCUT2D eigenvalue weighted by atomic mass is 10.1. The van der Waals surface area contributed by atoms with Crippen LogP contribution in [0.4, 0.5) is 17.1 Å². The molecule has 1 aliphatic rings. The second-order valence-electron chi connectivity index (χ2n) is 5.74. The molecule has 0 radical (unpaired) electrons. The van der Waals surface area contributed by atoms with Crippen molar-refractivity contribution in [2.75, 3.05) is 19.6 Å². The number of hydrogen-bond acceptors (Lipinski definition) is 7. The molecule has 130 valence electrons. The van der Waals surface area contributed by atoms with Gasteiger partial charge in [-0.05, 0) is 32.4 Å². The molecule has 0 amide bonds. The van der Waals surface area contributed by atoms with Gasteiger partial charge in [0.1, 0.15) is 5.56 Å². The topological polar surface area (TPSA) is 133 Å². The number of nitro benzene ring substituents is 3. The third kappa shape index (κ3) is 4.22. The zero-order valence-corrected chi connectivity index (χ0v) is 13.0. The molecular weight excluding hydrogens is 320 g/mol. The number of hydrogen-bond donors (Lipinski definition) is 0. The van der Waals surface area contributed by atoms with Crippen molar-refractivity contribution in [3.05, 3.63) is 48.0 Å². The highest BCUT2D eigenvalue weighted by Gasteiger charge is 2.30. The Morgan fingerprint density at radius 2 is 1.33 bits per heavy atom. The third-order valence-electron chi connectivity index (χ3n) is 4.17. The van der Waals surface area contributed by atoms with E-state index in [4.69, 9.17) is 0 Å². The molecule has 0 unspecified atom stereocenters. The molecule has 10 heteroatoms. The predicted octanol–water partition coefficient (Wildman–Crippen LogP) is 2.83. The predicted molar refractivity (Wildman–Crippen MR) is 85.0 cm³/mol. The molecule has 1 saturated heterocycles. The summed E-state index contributed by atoms with van der Waals surface area (Å²) in [6.45, 7) is 2.17. The number of rotatable bonds is 6. The van der Waals surface area contributed by atoms with Crippen LogP contribution in [0.1, 0.15) is 31.2 Å². The van der Waals surface area contributed by atoms with Crippen LogP contribution in [-0.4, -0.2) is 39.3 Å². The van der Waals surface area contributed by atoms with Gasteiger partial charge in [0, 0.05) is 6.54 Å². The fourth-order valence-corrected chi connectivity index (χ4v) is 2.94. The minimum Gasteiger partial charge on any atom is -0.303 e. The van der Waals surface area contributed by atoms with E-state index in [1.807, 2.05) is 0 Å². The van der Waals surface area contributed by atoms with Crippen LogP contribution in [0, 0.1) is 30.3 Å². The zero-order valence-electron chi connectivity index (χ0n) is 13.0. The van der Waals surface area contributed by atoms with Crippen LogP contribution in [0.5, 0.6) is 0 Å². The highest BCUT2D eigenvalue weighted by molar-refractivity contribution is 5.60. The Kier molecular flexibility index (Phi) is 5.74. The molecule has 1 aromatic carbocycles. The third-order valence-corrected chi connectivity index (χ3v) is 4.17. The number of likely N-dealkylation sites (tertiary alicyclic amines) is 1. The van der Waals surface area contributed by atoms with Crippen LogP contribution in [0.2, 0.25) is 0 Å². The van der Waals surface area contributed by atoms with Crippen molar-refractivity contribution in [1.29, 1.82) is 0 Å². The van der Waals surface area contributed by atoms with Crippen molar-refractivity contribution in [2.24, 2.45) is 0 Å². The lowest BCUT2D eigenvalue weighted by Crippen LogP contribution is -2.27. The van der Waals surface area contributed by atoms with Gasteiger partial charge in [0.15, 0.2) is 0 Å². The van der Waals surface area contributed by atoms with Crippen LogP contribution in [0.3, 0.4) is 0 Å². The summed E-state index contributed by atoms with van der Waals surface area (Å²) in [6, 6.07) is 1.59. The van der Waals surface area contributed by atoms with Gasteiger partial charge in [-0.25, -0.2) is 0 Å². The average Bonchev–Trinajstić information content (AvgIpc) is 2.80. The summed E-state index contributed by atoms with van der Waals surface area (Å²) < 4.78 is 0. The van der Waals surface area contributed by atoms with E-state index in [2.05, 4.69) is 4.90 Å². The van der Waals surface area contributed by atoms with Gasteiger partial charge in [0.05, 0.1) is 26.9 Å². The first-order valence-electron chi connectivity index (χ1n) is 7.72. The maximum atomic E-state index is 11.2. The summed E-state index contributed by atoms with van der Waals surface area (Å²) in [7, 11) is 0. The van der Waals surface area contributed by atoms with Gasteiger partial charge >= 0.3 is 0 Å². The number of nitro groups is 3. The molecule has 1 aliphatic heterocycles. The number of non-ortho nitro benzene ring substituents is 1. The molecule has 10 nitrogen and oxygen atoms in total. The monoisotopic (exact) mass is 338 g/mol. The first-order valence-corrected chi connectivity index (χ1v) is 7.72. The molecule has 2 rings (SSSR count). The Morgan fingerprint density at radius 1 is 0.833 bits per heavy atom. The highest BCUT2D eigenvalue weighted by atomic mass is 16.6. The second kappa shape index (κ2) is 7.77. The van der Waals surface area contributed by atoms with E-state index in [-0.39, 0.29) is 12.0 Å². The van der Waals surface area contributed by atoms with Gasteiger partial charge in [0.2, 0.25) is 0 Å². The van der Waals surface area contributed by atoms with Crippen molar-refractivity contribution in [3.8, 4) is 0 Å². The summed E-state index contributed by atoms with van der Waals surface area (Å²) in [5.41, 5.74) is -1.83. The second-order valence-corrected chi connectivity index (χ2v) is 5.74. The number of nitrogens with zero attached hydrogens (tertiary/aromatic N) is 4. The molecule has 24 heavy (non-hydrogen) atoms. The maximum Gasteiger partial charge on any atom is 0.286 e. The summed E-state index contributed by atoms with van der Waals surface area (Å²) >= 11 is 0. The molecule has 0 saturated carbocycles. The van der Waals surface area contributed by atoms with Gasteiger partial charge in [-0.2, -0.15) is 0 Å². The summed E-state index contributed by atoms with van der Waals surface area (Å²) in [6.07, 6.45) is 4.45. The Balaban J connectivity index is 2.33. The SMILES string of the molecule is O=[N+]([O-])c1cc([N+](=O)[O-])c(CCN2CCCCCC2)c([N+](=O)[O-])c1. The standard InChI is InChI=1S/C14H18N4O6/c19-16(20)11-9-13(17(21)22)12(14(10-11)18(23)24)5-8-15-6-3-1-2-4-7-15/h9-10H,1-8H2. The van der Waals surface area contributed by atoms with Crippen molar-refractivity contribution in [1.82, 2.24) is 4.90 Å². The smallest absolute Gasteiger partial charge is 0.286 e. The Morgan fingerprint density at radius 3 is 1.75 bits per heavy atom. The number of benzene rings is 1. The van der Waals surface area contributed by atoms with E-state index in [1.54, 1.807) is 0 Å². The van der Waals surface area contributed by atoms with E-state index in [9.17, 15) is 30.3 Å². The van der Waals surface area contributed by atoms with E-state index in [0.29, 0.717) is 6.54 Å². The fraction of sp³-hybridized carbons (Fsp3) is 0.571. The van der Waals surface area contributed by atoms with Gasteiger partial charge < -0.3 is 4.90 Å². The Hall–Kier alpha value is -2.62. The van der Waals surface area contributed by atoms with Crippen LogP contribution in [0.25, 0.3) is 0 Å². The van der Waals surface area contributed by atoms with E-state index in [1.165, 1.54) is 0 Å². The van der Waals surface area contributed by atoms with Crippen LogP contribution in [-0.2, 0) is 6.42 Å². The molecule has 1 heterocycles. The summed E-state index contributed by atoms with van der Waals surface area (Å²) in [4.78, 5) is 33.0. The maximum absolute atomic E-state index is 11.2.